The third kappa shape index (κ3) is 4.47. The van der Waals surface area contributed by atoms with E-state index in [1.807, 2.05) is 0 Å². The predicted octanol–water partition coefficient (Wildman–Crippen LogP) is 2.40. The Hall–Kier alpha value is -2.29. The number of rotatable bonds is 5. The summed E-state index contributed by atoms with van der Waals surface area (Å²) in [5.74, 6) is -0.339. The van der Waals surface area contributed by atoms with Crippen LogP contribution in [0, 0.1) is 12.3 Å². The van der Waals surface area contributed by atoms with Crippen LogP contribution < -0.4 is 4.74 Å². The van der Waals surface area contributed by atoms with Crippen molar-refractivity contribution in [2.75, 3.05) is 6.61 Å². The average molecular weight is 270 g/mol. The smallest absolute Gasteiger partial charge is 0.450 e. The second-order valence-corrected chi connectivity index (χ2v) is 3.54. The van der Waals surface area contributed by atoms with Gasteiger partial charge in [0.05, 0.1) is 6.42 Å². The standard InChI is InChI=1S/C13H9F3O3/c1-2-7-19-10-5-3-9(4-6-10)11(17)8-12(18)13(14,15)16/h1,3-6H,7-8H2. The van der Waals surface area contributed by atoms with Crippen LogP contribution in [0.25, 0.3) is 0 Å². The average Bonchev–Trinajstić information content (AvgIpc) is 2.35. The van der Waals surface area contributed by atoms with Crippen molar-refractivity contribution in [2.45, 2.75) is 12.6 Å². The number of ketones is 2. The molecule has 100 valence electrons. The molecule has 0 saturated carbocycles. The fourth-order valence-corrected chi connectivity index (χ4v) is 1.21. The van der Waals surface area contributed by atoms with Crippen LogP contribution in [0.4, 0.5) is 13.2 Å². The first-order valence-electron chi connectivity index (χ1n) is 5.14. The zero-order valence-electron chi connectivity index (χ0n) is 9.66. The zero-order chi connectivity index (χ0) is 14.5. The van der Waals surface area contributed by atoms with E-state index >= 15 is 0 Å². The minimum atomic E-state index is -4.99. The van der Waals surface area contributed by atoms with Gasteiger partial charge in [-0.1, -0.05) is 5.92 Å². The van der Waals surface area contributed by atoms with Crippen LogP contribution in [0.3, 0.4) is 0 Å². The van der Waals surface area contributed by atoms with E-state index in [1.165, 1.54) is 24.3 Å². The topological polar surface area (TPSA) is 43.4 Å². The summed E-state index contributed by atoms with van der Waals surface area (Å²) in [7, 11) is 0. The van der Waals surface area contributed by atoms with Gasteiger partial charge in [-0.25, -0.2) is 0 Å². The van der Waals surface area contributed by atoms with Crippen molar-refractivity contribution in [2.24, 2.45) is 0 Å². The number of halogens is 3. The number of Topliss-reactive ketones (excluding diaryl/α,β-unsaturated/α-hetero) is 2. The highest BCUT2D eigenvalue weighted by atomic mass is 19.4. The maximum absolute atomic E-state index is 12.0. The van der Waals surface area contributed by atoms with Gasteiger partial charge >= 0.3 is 6.18 Å². The molecule has 6 heteroatoms. The number of terminal acetylenes is 1. The molecule has 0 radical (unpaired) electrons. The van der Waals surface area contributed by atoms with E-state index < -0.39 is 24.2 Å². The Balaban J connectivity index is 2.69. The van der Waals surface area contributed by atoms with Gasteiger partial charge in [0.15, 0.2) is 5.78 Å². The summed E-state index contributed by atoms with van der Waals surface area (Å²) in [5.41, 5.74) is 0.00524. The van der Waals surface area contributed by atoms with Gasteiger partial charge in [0.2, 0.25) is 5.78 Å². The van der Waals surface area contributed by atoms with Crippen molar-refractivity contribution in [3.63, 3.8) is 0 Å². The van der Waals surface area contributed by atoms with E-state index in [2.05, 4.69) is 5.92 Å². The Labute approximate surface area is 107 Å². The Morgan fingerprint density at radius 2 is 1.79 bits per heavy atom. The van der Waals surface area contributed by atoms with Crippen molar-refractivity contribution < 1.29 is 27.5 Å². The molecule has 0 saturated heterocycles. The second-order valence-electron chi connectivity index (χ2n) is 3.54. The Kier molecular flexibility index (Phi) is 4.70. The van der Waals surface area contributed by atoms with Crippen LogP contribution in [0.2, 0.25) is 0 Å². The lowest BCUT2D eigenvalue weighted by Crippen LogP contribution is -2.25. The molecule has 0 aromatic heterocycles. The van der Waals surface area contributed by atoms with E-state index in [9.17, 15) is 22.8 Å². The molecule has 0 atom stereocenters. The summed E-state index contributed by atoms with van der Waals surface area (Å²) in [6, 6.07) is 5.33. The van der Waals surface area contributed by atoms with Crippen molar-refractivity contribution in [1.29, 1.82) is 0 Å². The second kappa shape index (κ2) is 6.05. The molecule has 0 aliphatic heterocycles. The first kappa shape index (κ1) is 14.8. The lowest BCUT2D eigenvalue weighted by atomic mass is 10.1. The van der Waals surface area contributed by atoms with Crippen LogP contribution in [-0.4, -0.2) is 24.3 Å². The van der Waals surface area contributed by atoms with Crippen molar-refractivity contribution >= 4 is 11.6 Å². The highest BCUT2D eigenvalue weighted by Gasteiger charge is 2.39. The highest BCUT2D eigenvalue weighted by Crippen LogP contribution is 2.20. The quantitative estimate of drug-likeness (QED) is 0.469. The fourth-order valence-electron chi connectivity index (χ4n) is 1.21. The number of hydrogen-bond acceptors (Lipinski definition) is 3. The lowest BCUT2D eigenvalue weighted by Gasteiger charge is -2.05. The molecule has 0 unspecified atom stereocenters. The number of alkyl halides is 3. The summed E-state index contributed by atoms with van der Waals surface area (Å²) in [5, 5.41) is 0. The Morgan fingerprint density at radius 3 is 2.26 bits per heavy atom. The van der Waals surface area contributed by atoms with Crippen LogP contribution in [0.15, 0.2) is 24.3 Å². The molecule has 1 aromatic carbocycles. The molecule has 0 bridgehead atoms. The number of hydrogen-bond donors (Lipinski definition) is 0. The van der Waals surface area contributed by atoms with Gasteiger partial charge in [0, 0.05) is 5.56 Å². The Morgan fingerprint density at radius 1 is 1.21 bits per heavy atom. The molecule has 0 amide bonds. The predicted molar refractivity (Wildman–Crippen MR) is 60.8 cm³/mol. The first-order valence-corrected chi connectivity index (χ1v) is 5.14. The number of carbonyl (C=O) groups excluding carboxylic acids is 2. The van der Waals surface area contributed by atoms with E-state index in [0.29, 0.717) is 5.75 Å². The van der Waals surface area contributed by atoms with Crippen molar-refractivity contribution in [1.82, 2.24) is 0 Å². The third-order valence-electron chi connectivity index (χ3n) is 2.14. The SMILES string of the molecule is C#CCOc1ccc(C(=O)CC(=O)C(F)(F)F)cc1. The van der Waals surface area contributed by atoms with Gasteiger partial charge < -0.3 is 4.74 Å². The van der Waals surface area contributed by atoms with E-state index in [1.54, 1.807) is 0 Å². The van der Waals surface area contributed by atoms with Crippen LogP contribution >= 0.6 is 0 Å². The minimum absolute atomic E-state index is 0.00524. The third-order valence-corrected chi connectivity index (χ3v) is 2.14. The fraction of sp³-hybridized carbons (Fsp3) is 0.231. The molecule has 0 aliphatic carbocycles. The Bertz CT molecular complexity index is 509. The monoisotopic (exact) mass is 270 g/mol. The van der Waals surface area contributed by atoms with Crippen LogP contribution in [0.1, 0.15) is 16.8 Å². The largest absolute Gasteiger partial charge is 0.481 e. The summed E-state index contributed by atoms with van der Waals surface area (Å²) in [4.78, 5) is 22.1. The van der Waals surface area contributed by atoms with Gasteiger partial charge in [-0.05, 0) is 24.3 Å². The van der Waals surface area contributed by atoms with Crippen LogP contribution in [0.5, 0.6) is 5.75 Å². The molecule has 0 spiro atoms. The number of benzene rings is 1. The molecule has 0 aliphatic rings. The molecule has 3 nitrogen and oxygen atoms in total. The maximum Gasteiger partial charge on any atom is 0.450 e. The van der Waals surface area contributed by atoms with E-state index in [4.69, 9.17) is 11.2 Å². The van der Waals surface area contributed by atoms with Crippen LogP contribution in [-0.2, 0) is 4.79 Å². The van der Waals surface area contributed by atoms with Gasteiger partial charge in [0.25, 0.3) is 0 Å². The molecule has 0 fully saturated rings. The van der Waals surface area contributed by atoms with Gasteiger partial charge in [-0.15, -0.1) is 6.42 Å². The lowest BCUT2D eigenvalue weighted by molar-refractivity contribution is -0.170. The molecule has 1 rings (SSSR count). The van der Waals surface area contributed by atoms with E-state index in [0.717, 1.165) is 0 Å². The highest BCUT2D eigenvalue weighted by molar-refractivity contribution is 6.09. The zero-order valence-corrected chi connectivity index (χ0v) is 9.66. The number of carbonyl (C=O) groups is 2. The van der Waals surface area contributed by atoms with Gasteiger partial charge in [-0.2, -0.15) is 13.2 Å². The van der Waals surface area contributed by atoms with Gasteiger partial charge in [0.1, 0.15) is 12.4 Å². The molecular formula is C13H9F3O3. The van der Waals surface area contributed by atoms with Crippen molar-refractivity contribution in [3.8, 4) is 18.1 Å². The first-order chi connectivity index (χ1) is 8.84. The normalized spacial score (nSPS) is 10.6. The number of ether oxygens (including phenoxy) is 1. The summed E-state index contributed by atoms with van der Waals surface area (Å²) in [6.07, 6.45) is -1.22. The maximum atomic E-state index is 12.0. The molecule has 0 heterocycles. The summed E-state index contributed by atoms with van der Waals surface area (Å²) < 4.78 is 41.0. The van der Waals surface area contributed by atoms with Crippen molar-refractivity contribution in [3.05, 3.63) is 29.8 Å². The van der Waals surface area contributed by atoms with Gasteiger partial charge in [-0.3, -0.25) is 9.59 Å². The molecule has 1 aromatic rings. The molecular weight excluding hydrogens is 261 g/mol. The van der Waals surface area contributed by atoms with E-state index in [-0.39, 0.29) is 12.2 Å². The minimum Gasteiger partial charge on any atom is -0.481 e. The molecule has 19 heavy (non-hydrogen) atoms. The summed E-state index contributed by atoms with van der Waals surface area (Å²) in [6.45, 7) is 0.0415. The summed E-state index contributed by atoms with van der Waals surface area (Å²) >= 11 is 0. The molecule has 0 N–H and O–H groups in total.